The van der Waals surface area contributed by atoms with Gasteiger partial charge in [-0.1, -0.05) is 29.8 Å². The van der Waals surface area contributed by atoms with Crippen molar-refractivity contribution in [1.82, 2.24) is 4.90 Å². The van der Waals surface area contributed by atoms with Gasteiger partial charge in [0, 0.05) is 5.69 Å². The van der Waals surface area contributed by atoms with Gasteiger partial charge in [0.25, 0.3) is 0 Å². The van der Waals surface area contributed by atoms with Gasteiger partial charge in [-0.25, -0.2) is 9.18 Å². The lowest BCUT2D eigenvalue weighted by molar-refractivity contribution is -0.146. The fourth-order valence-corrected chi connectivity index (χ4v) is 3.65. The number of urea groups is 1. The SMILES string of the molecule is COC(=O)C1CC(C(N)=O)N(C(=O)Nc2ccc(F)cc2)C1c1ccc(C)cc1. The Bertz CT molecular complexity index is 915. The number of hydrogen-bond acceptors (Lipinski definition) is 4. The second-order valence-corrected chi connectivity index (χ2v) is 6.98. The third-order valence-corrected chi connectivity index (χ3v) is 5.08. The number of esters is 1. The van der Waals surface area contributed by atoms with Crippen molar-refractivity contribution >= 4 is 23.6 Å². The standard InChI is InChI=1S/C21H22FN3O4/c1-12-3-5-13(6-4-12)18-16(20(27)29-2)11-17(19(23)26)25(18)21(28)24-15-9-7-14(22)8-10-15/h3-10,16-18H,11H2,1-2H3,(H2,23,26)(H,24,28). The number of amides is 3. The molecule has 2 aromatic rings. The number of rotatable bonds is 4. The molecular weight excluding hydrogens is 377 g/mol. The van der Waals surface area contributed by atoms with Crippen molar-refractivity contribution in [2.24, 2.45) is 11.7 Å². The lowest BCUT2D eigenvalue weighted by Crippen LogP contribution is -2.46. The van der Waals surface area contributed by atoms with E-state index in [0.29, 0.717) is 11.3 Å². The van der Waals surface area contributed by atoms with Crippen LogP contribution in [0.15, 0.2) is 48.5 Å². The lowest BCUT2D eigenvalue weighted by Gasteiger charge is -2.30. The van der Waals surface area contributed by atoms with E-state index in [9.17, 15) is 18.8 Å². The summed E-state index contributed by atoms with van der Waals surface area (Å²) >= 11 is 0. The van der Waals surface area contributed by atoms with Crippen molar-refractivity contribution < 1.29 is 23.5 Å². The van der Waals surface area contributed by atoms with E-state index in [-0.39, 0.29) is 6.42 Å². The third-order valence-electron chi connectivity index (χ3n) is 5.08. The van der Waals surface area contributed by atoms with Gasteiger partial charge < -0.3 is 20.7 Å². The predicted molar refractivity (Wildman–Crippen MR) is 104 cm³/mol. The summed E-state index contributed by atoms with van der Waals surface area (Å²) < 4.78 is 18.1. The number of carbonyl (C=O) groups excluding carboxylic acids is 3. The number of hydrogen-bond donors (Lipinski definition) is 2. The highest BCUT2D eigenvalue weighted by Crippen LogP contribution is 2.42. The topological polar surface area (TPSA) is 102 Å². The van der Waals surface area contributed by atoms with Crippen molar-refractivity contribution in [2.75, 3.05) is 12.4 Å². The van der Waals surface area contributed by atoms with Gasteiger partial charge in [-0.2, -0.15) is 0 Å². The molecule has 3 N–H and O–H groups in total. The van der Waals surface area contributed by atoms with Crippen LogP contribution in [0.5, 0.6) is 0 Å². The van der Waals surface area contributed by atoms with Crippen LogP contribution in [-0.4, -0.2) is 36.0 Å². The van der Waals surface area contributed by atoms with Crippen LogP contribution in [-0.2, 0) is 14.3 Å². The summed E-state index contributed by atoms with van der Waals surface area (Å²) in [4.78, 5) is 38.9. The third kappa shape index (κ3) is 4.21. The van der Waals surface area contributed by atoms with Gasteiger partial charge in [0.05, 0.1) is 19.1 Å². The molecule has 3 amide bonds. The number of nitrogens with zero attached hydrogens (tertiary/aromatic N) is 1. The Balaban J connectivity index is 2.00. The monoisotopic (exact) mass is 399 g/mol. The number of benzene rings is 2. The van der Waals surface area contributed by atoms with Crippen LogP contribution in [0, 0.1) is 18.7 Å². The van der Waals surface area contributed by atoms with Crippen LogP contribution in [0.3, 0.4) is 0 Å². The molecule has 1 fully saturated rings. The Kier molecular flexibility index (Phi) is 5.81. The maximum atomic E-state index is 13.2. The van der Waals surface area contributed by atoms with E-state index < -0.39 is 41.7 Å². The Morgan fingerprint density at radius 2 is 1.72 bits per heavy atom. The largest absolute Gasteiger partial charge is 0.469 e. The lowest BCUT2D eigenvalue weighted by atomic mass is 9.92. The van der Waals surface area contributed by atoms with Crippen molar-refractivity contribution in [3.8, 4) is 0 Å². The zero-order valence-corrected chi connectivity index (χ0v) is 16.1. The number of methoxy groups -OCH3 is 1. The molecule has 152 valence electrons. The predicted octanol–water partition coefficient (Wildman–Crippen LogP) is 2.76. The summed E-state index contributed by atoms with van der Waals surface area (Å²) in [6.45, 7) is 1.92. The molecule has 7 nitrogen and oxygen atoms in total. The van der Waals surface area contributed by atoms with Gasteiger partial charge in [-0.3, -0.25) is 9.59 Å². The molecule has 1 saturated heterocycles. The summed E-state index contributed by atoms with van der Waals surface area (Å²) in [6, 6.07) is 10.2. The van der Waals surface area contributed by atoms with E-state index >= 15 is 0 Å². The molecule has 3 rings (SSSR count). The van der Waals surface area contributed by atoms with Gasteiger partial charge in [0.1, 0.15) is 11.9 Å². The Morgan fingerprint density at radius 3 is 2.28 bits per heavy atom. The quantitative estimate of drug-likeness (QED) is 0.772. The molecule has 29 heavy (non-hydrogen) atoms. The van der Waals surface area contributed by atoms with Crippen LogP contribution in [0.4, 0.5) is 14.9 Å². The molecule has 0 spiro atoms. The highest BCUT2D eigenvalue weighted by Gasteiger charge is 2.50. The number of ether oxygens (including phenoxy) is 1. The first-order valence-electron chi connectivity index (χ1n) is 9.10. The highest BCUT2D eigenvalue weighted by atomic mass is 19.1. The van der Waals surface area contributed by atoms with Crippen LogP contribution < -0.4 is 11.1 Å². The van der Waals surface area contributed by atoms with Gasteiger partial charge in [0.2, 0.25) is 5.91 Å². The summed E-state index contributed by atoms with van der Waals surface area (Å²) in [5.41, 5.74) is 7.59. The number of nitrogens with one attached hydrogen (secondary N) is 1. The fraction of sp³-hybridized carbons (Fsp3) is 0.286. The van der Waals surface area contributed by atoms with E-state index in [2.05, 4.69) is 5.32 Å². The normalized spacial score (nSPS) is 20.9. The number of nitrogens with two attached hydrogens (primary N) is 1. The minimum Gasteiger partial charge on any atom is -0.469 e. The van der Waals surface area contributed by atoms with Crippen molar-refractivity contribution in [3.63, 3.8) is 0 Å². The van der Waals surface area contributed by atoms with Crippen LogP contribution >= 0.6 is 0 Å². The van der Waals surface area contributed by atoms with E-state index in [1.807, 2.05) is 19.1 Å². The molecule has 1 aliphatic heterocycles. The Hall–Kier alpha value is -3.42. The first kappa shape index (κ1) is 20.3. The second-order valence-electron chi connectivity index (χ2n) is 6.98. The van der Waals surface area contributed by atoms with Crippen LogP contribution in [0.25, 0.3) is 0 Å². The van der Waals surface area contributed by atoms with Gasteiger partial charge in [-0.05, 0) is 43.2 Å². The first-order valence-corrected chi connectivity index (χ1v) is 9.10. The van der Waals surface area contributed by atoms with Crippen molar-refractivity contribution in [2.45, 2.75) is 25.4 Å². The molecule has 2 aromatic carbocycles. The molecule has 0 aliphatic carbocycles. The summed E-state index contributed by atoms with van der Waals surface area (Å²) in [7, 11) is 1.26. The Labute approximate surface area is 167 Å². The molecule has 8 heteroatoms. The number of carbonyl (C=O) groups is 3. The van der Waals surface area contributed by atoms with Gasteiger partial charge in [0.15, 0.2) is 0 Å². The Morgan fingerprint density at radius 1 is 1.10 bits per heavy atom. The maximum absolute atomic E-state index is 13.2. The van der Waals surface area contributed by atoms with Crippen LogP contribution in [0.2, 0.25) is 0 Å². The number of aryl methyl sites for hydroxylation is 1. The molecule has 1 aliphatic rings. The zero-order chi connectivity index (χ0) is 21.1. The fourth-order valence-electron chi connectivity index (χ4n) is 3.65. The molecule has 0 bridgehead atoms. The van der Waals surface area contributed by atoms with Crippen molar-refractivity contribution in [1.29, 1.82) is 0 Å². The number of likely N-dealkylation sites (tertiary alicyclic amines) is 1. The average molecular weight is 399 g/mol. The summed E-state index contributed by atoms with van der Waals surface area (Å²) in [6.07, 6.45) is 0.0530. The number of anilines is 1. The molecular formula is C21H22FN3O4. The van der Waals surface area contributed by atoms with E-state index in [0.717, 1.165) is 5.56 Å². The molecule has 0 aromatic heterocycles. The smallest absolute Gasteiger partial charge is 0.323 e. The van der Waals surface area contributed by atoms with Gasteiger partial charge >= 0.3 is 12.0 Å². The molecule has 3 unspecified atom stereocenters. The van der Waals surface area contributed by atoms with E-state index in [1.165, 1.54) is 36.3 Å². The highest BCUT2D eigenvalue weighted by molar-refractivity contribution is 5.95. The maximum Gasteiger partial charge on any atom is 0.323 e. The molecule has 1 heterocycles. The average Bonchev–Trinajstić information content (AvgIpc) is 3.11. The summed E-state index contributed by atoms with van der Waals surface area (Å²) in [5.74, 6) is -2.44. The number of primary amides is 1. The second kappa shape index (κ2) is 8.30. The zero-order valence-electron chi connectivity index (χ0n) is 16.1. The summed E-state index contributed by atoms with van der Waals surface area (Å²) in [5, 5.41) is 2.64. The molecule has 0 saturated carbocycles. The van der Waals surface area contributed by atoms with E-state index in [4.69, 9.17) is 10.5 Å². The minimum absolute atomic E-state index is 0.0530. The number of halogens is 1. The van der Waals surface area contributed by atoms with E-state index in [1.54, 1.807) is 12.1 Å². The molecule has 0 radical (unpaired) electrons. The van der Waals surface area contributed by atoms with Crippen molar-refractivity contribution in [3.05, 3.63) is 65.5 Å². The van der Waals surface area contributed by atoms with Crippen LogP contribution in [0.1, 0.15) is 23.6 Å². The minimum atomic E-state index is -0.995. The van der Waals surface area contributed by atoms with Gasteiger partial charge in [-0.15, -0.1) is 0 Å². The molecule has 3 atom stereocenters. The first-order chi connectivity index (χ1) is 13.8.